The van der Waals surface area contributed by atoms with Gasteiger partial charge in [-0.15, -0.1) is 11.3 Å². The van der Waals surface area contributed by atoms with E-state index in [0.29, 0.717) is 6.04 Å². The zero-order valence-electron chi connectivity index (χ0n) is 12.7. The van der Waals surface area contributed by atoms with Crippen LogP contribution in [-0.2, 0) is 6.42 Å². The highest BCUT2D eigenvalue weighted by molar-refractivity contribution is 7.09. The summed E-state index contributed by atoms with van der Waals surface area (Å²) in [7, 11) is 2.09. The zero-order valence-corrected chi connectivity index (χ0v) is 13.5. The number of hydrogen-bond acceptors (Lipinski definition) is 4. The normalized spacial score (nSPS) is 21.5. The quantitative estimate of drug-likeness (QED) is 0.869. The molecule has 1 aromatic rings. The van der Waals surface area contributed by atoms with Crippen LogP contribution in [-0.4, -0.2) is 41.6 Å². The fraction of sp³-hybridized carbons (Fsp3) is 0.800. The van der Waals surface area contributed by atoms with Crippen molar-refractivity contribution in [2.45, 2.75) is 58.0 Å². The molecule has 1 saturated heterocycles. The maximum atomic E-state index is 4.63. The van der Waals surface area contributed by atoms with Crippen LogP contribution in [0.5, 0.6) is 0 Å². The molecule has 19 heavy (non-hydrogen) atoms. The lowest BCUT2D eigenvalue weighted by Gasteiger charge is -2.44. The molecule has 1 N–H and O–H groups in total. The van der Waals surface area contributed by atoms with Gasteiger partial charge in [0.2, 0.25) is 0 Å². The van der Waals surface area contributed by atoms with Crippen LogP contribution in [0, 0.1) is 6.92 Å². The minimum absolute atomic E-state index is 0.239. The van der Waals surface area contributed by atoms with Crippen LogP contribution >= 0.6 is 11.3 Å². The molecule has 1 fully saturated rings. The van der Waals surface area contributed by atoms with E-state index in [0.717, 1.165) is 6.42 Å². The second-order valence-electron chi connectivity index (χ2n) is 5.81. The van der Waals surface area contributed by atoms with Crippen molar-refractivity contribution < 1.29 is 0 Å². The fourth-order valence-electron chi connectivity index (χ4n) is 3.26. The molecule has 2 unspecified atom stereocenters. The van der Waals surface area contributed by atoms with E-state index in [-0.39, 0.29) is 5.54 Å². The van der Waals surface area contributed by atoms with E-state index in [1.165, 1.54) is 43.1 Å². The third kappa shape index (κ3) is 3.18. The Kier molecular flexibility index (Phi) is 4.98. The minimum Gasteiger partial charge on any atom is -0.315 e. The third-order valence-electron chi connectivity index (χ3n) is 4.72. The number of aromatic nitrogens is 1. The van der Waals surface area contributed by atoms with Gasteiger partial charge in [0.15, 0.2) is 0 Å². The lowest BCUT2D eigenvalue weighted by molar-refractivity contribution is 0.0870. The lowest BCUT2D eigenvalue weighted by atomic mass is 9.85. The number of likely N-dealkylation sites (N-methyl/N-ethyl adjacent to an activating group) is 1. The summed E-state index contributed by atoms with van der Waals surface area (Å²) in [6.45, 7) is 9.31. The number of likely N-dealkylation sites (tertiary alicyclic amines) is 1. The summed E-state index contributed by atoms with van der Waals surface area (Å²) in [6.07, 6.45) is 4.91. The van der Waals surface area contributed by atoms with Gasteiger partial charge in [0.25, 0.3) is 0 Å². The number of rotatable bonds is 6. The van der Waals surface area contributed by atoms with Gasteiger partial charge >= 0.3 is 0 Å². The Morgan fingerprint density at radius 3 is 2.63 bits per heavy atom. The summed E-state index contributed by atoms with van der Waals surface area (Å²) < 4.78 is 0. The first-order valence-corrected chi connectivity index (χ1v) is 8.31. The van der Waals surface area contributed by atoms with Gasteiger partial charge in [0, 0.05) is 23.4 Å². The van der Waals surface area contributed by atoms with Crippen molar-refractivity contribution in [3.8, 4) is 0 Å². The highest BCUT2D eigenvalue weighted by Gasteiger charge is 2.38. The van der Waals surface area contributed by atoms with E-state index in [2.05, 4.69) is 48.4 Å². The Labute approximate surface area is 121 Å². The van der Waals surface area contributed by atoms with Crippen molar-refractivity contribution in [2.24, 2.45) is 0 Å². The highest BCUT2D eigenvalue weighted by atomic mass is 32.1. The van der Waals surface area contributed by atoms with Crippen molar-refractivity contribution in [1.29, 1.82) is 0 Å². The molecule has 0 amide bonds. The molecule has 2 heterocycles. The molecule has 0 spiro atoms. The first-order chi connectivity index (χ1) is 9.10. The van der Waals surface area contributed by atoms with Crippen LogP contribution in [0.25, 0.3) is 0 Å². The van der Waals surface area contributed by atoms with E-state index < -0.39 is 0 Å². The molecule has 0 radical (unpaired) electrons. The molecule has 4 heteroatoms. The zero-order chi connectivity index (χ0) is 13.9. The summed E-state index contributed by atoms with van der Waals surface area (Å²) in [5.41, 5.74) is 1.48. The van der Waals surface area contributed by atoms with E-state index in [1.807, 2.05) is 0 Å². The highest BCUT2D eigenvalue weighted by Crippen LogP contribution is 2.29. The summed E-state index contributed by atoms with van der Waals surface area (Å²) in [4.78, 5) is 7.31. The van der Waals surface area contributed by atoms with E-state index >= 15 is 0 Å². The van der Waals surface area contributed by atoms with Gasteiger partial charge in [-0.1, -0.05) is 6.92 Å². The predicted octanol–water partition coefficient (Wildman–Crippen LogP) is 2.85. The van der Waals surface area contributed by atoms with Crippen molar-refractivity contribution in [3.63, 3.8) is 0 Å². The molecular formula is C15H27N3S. The molecule has 1 aliphatic rings. The average Bonchev–Trinajstić information content (AvgIpc) is 3.06. The molecule has 0 bridgehead atoms. The second-order valence-corrected chi connectivity index (χ2v) is 6.87. The maximum Gasteiger partial charge on any atom is 0.0897 e. The van der Waals surface area contributed by atoms with Gasteiger partial charge in [-0.05, 0) is 53.2 Å². The van der Waals surface area contributed by atoms with Gasteiger partial charge in [-0.25, -0.2) is 4.98 Å². The largest absolute Gasteiger partial charge is 0.315 e. The van der Waals surface area contributed by atoms with E-state index in [4.69, 9.17) is 0 Å². The molecule has 2 atom stereocenters. The fourth-order valence-corrected chi connectivity index (χ4v) is 3.89. The molecule has 2 rings (SSSR count). The van der Waals surface area contributed by atoms with Crippen molar-refractivity contribution in [2.75, 3.05) is 20.1 Å². The van der Waals surface area contributed by atoms with Crippen LogP contribution < -0.4 is 5.32 Å². The summed E-state index contributed by atoms with van der Waals surface area (Å²) >= 11 is 1.75. The van der Waals surface area contributed by atoms with Gasteiger partial charge in [-0.2, -0.15) is 0 Å². The third-order valence-corrected chi connectivity index (χ3v) is 5.55. The molecular weight excluding hydrogens is 254 g/mol. The SMILES string of the molecule is CCC(C)(C(Cc1csc(C)n1)NC)N1CCCC1. The number of hydrogen-bond donors (Lipinski definition) is 1. The van der Waals surface area contributed by atoms with Crippen LogP contribution in [0.15, 0.2) is 5.38 Å². The van der Waals surface area contributed by atoms with E-state index in [9.17, 15) is 0 Å². The van der Waals surface area contributed by atoms with Gasteiger partial charge in [-0.3, -0.25) is 4.90 Å². The standard InChI is InChI=1S/C15H27N3S/c1-5-15(3,18-8-6-7-9-18)14(16-4)10-13-11-19-12(2)17-13/h11,14,16H,5-10H2,1-4H3. The topological polar surface area (TPSA) is 28.2 Å². The molecule has 0 saturated carbocycles. The molecule has 1 aliphatic heterocycles. The number of aryl methyl sites for hydroxylation is 1. The van der Waals surface area contributed by atoms with Gasteiger partial charge < -0.3 is 5.32 Å². The molecule has 0 aromatic carbocycles. The van der Waals surface area contributed by atoms with Crippen molar-refractivity contribution >= 4 is 11.3 Å². The maximum absolute atomic E-state index is 4.63. The van der Waals surface area contributed by atoms with Crippen molar-refractivity contribution in [3.05, 3.63) is 16.1 Å². The Bertz CT molecular complexity index is 398. The van der Waals surface area contributed by atoms with Crippen LogP contribution in [0.4, 0.5) is 0 Å². The molecule has 0 aliphatic carbocycles. The van der Waals surface area contributed by atoms with Gasteiger partial charge in [0.1, 0.15) is 0 Å². The second kappa shape index (κ2) is 6.33. The minimum atomic E-state index is 0.239. The van der Waals surface area contributed by atoms with Crippen LogP contribution in [0.3, 0.4) is 0 Å². The number of nitrogens with zero attached hydrogens (tertiary/aromatic N) is 2. The summed E-state index contributed by atoms with van der Waals surface area (Å²) in [6, 6.07) is 0.470. The lowest BCUT2D eigenvalue weighted by Crippen LogP contribution is -2.58. The van der Waals surface area contributed by atoms with Gasteiger partial charge in [0.05, 0.1) is 10.7 Å². The monoisotopic (exact) mass is 281 g/mol. The molecule has 1 aromatic heterocycles. The van der Waals surface area contributed by atoms with Crippen molar-refractivity contribution in [1.82, 2.24) is 15.2 Å². The number of thiazole rings is 1. The number of nitrogens with one attached hydrogen (secondary N) is 1. The first kappa shape index (κ1) is 14.9. The average molecular weight is 281 g/mol. The summed E-state index contributed by atoms with van der Waals surface area (Å²) in [5.74, 6) is 0. The van der Waals surface area contributed by atoms with Crippen LogP contribution in [0.1, 0.15) is 43.8 Å². The molecule has 3 nitrogen and oxygen atoms in total. The Morgan fingerprint density at radius 1 is 1.47 bits per heavy atom. The summed E-state index contributed by atoms with van der Waals surface area (Å²) in [5, 5.41) is 6.93. The Morgan fingerprint density at radius 2 is 2.16 bits per heavy atom. The Balaban J connectivity index is 2.13. The van der Waals surface area contributed by atoms with Crippen LogP contribution in [0.2, 0.25) is 0 Å². The predicted molar refractivity (Wildman–Crippen MR) is 82.9 cm³/mol. The smallest absolute Gasteiger partial charge is 0.0897 e. The molecule has 108 valence electrons. The van der Waals surface area contributed by atoms with E-state index in [1.54, 1.807) is 11.3 Å². The Hall–Kier alpha value is -0.450. The first-order valence-electron chi connectivity index (χ1n) is 7.43.